The summed E-state index contributed by atoms with van der Waals surface area (Å²) in [5, 5.41) is 8.24. The molecule has 0 amide bonds. The van der Waals surface area contributed by atoms with Crippen molar-refractivity contribution in [1.29, 1.82) is 0 Å². The van der Waals surface area contributed by atoms with Gasteiger partial charge in [-0.05, 0) is 12.1 Å². The van der Waals surface area contributed by atoms with Crippen LogP contribution in [0.1, 0.15) is 5.69 Å². The van der Waals surface area contributed by atoms with E-state index in [4.69, 9.17) is 5.11 Å². The molecule has 0 atom stereocenters. The van der Waals surface area contributed by atoms with Crippen LogP contribution in [0.15, 0.2) is 24.7 Å². The lowest BCUT2D eigenvalue weighted by atomic mass is 10.3. The van der Waals surface area contributed by atoms with E-state index in [9.17, 15) is 4.79 Å². The van der Waals surface area contributed by atoms with Crippen LogP contribution in [0.4, 0.5) is 0 Å². The molecule has 1 heterocycles. The first kappa shape index (κ1) is 7.40. The fraction of sp³-hybridized carbons (Fsp3) is 0. The third kappa shape index (κ3) is 2.57. The van der Waals surface area contributed by atoms with Crippen LogP contribution in [0.25, 0.3) is 6.08 Å². The predicted molar refractivity (Wildman–Crippen MR) is 38.7 cm³/mol. The minimum atomic E-state index is -0.983. The van der Waals surface area contributed by atoms with Crippen molar-refractivity contribution in [3.8, 4) is 0 Å². The van der Waals surface area contributed by atoms with Crippen molar-refractivity contribution in [3.63, 3.8) is 0 Å². The standard InChI is InChI=1S/C7H6N2O2/c10-7(11)2-1-6-3-4-8-5-9-6/h1-5H,(H,10,11). The van der Waals surface area contributed by atoms with Crippen LogP contribution in [-0.2, 0) is 4.79 Å². The van der Waals surface area contributed by atoms with E-state index in [1.54, 1.807) is 12.3 Å². The summed E-state index contributed by atoms with van der Waals surface area (Å²) in [6.45, 7) is 0. The van der Waals surface area contributed by atoms with Gasteiger partial charge in [0.25, 0.3) is 0 Å². The van der Waals surface area contributed by atoms with Crippen molar-refractivity contribution in [2.24, 2.45) is 0 Å². The van der Waals surface area contributed by atoms with Gasteiger partial charge in [0, 0.05) is 12.3 Å². The Kier molecular flexibility index (Phi) is 2.32. The minimum absolute atomic E-state index is 0.586. The largest absolute Gasteiger partial charge is 0.478 e. The van der Waals surface area contributed by atoms with Crippen molar-refractivity contribution < 1.29 is 9.90 Å². The molecule has 0 aliphatic carbocycles. The first-order valence-electron chi connectivity index (χ1n) is 2.96. The Morgan fingerprint density at radius 3 is 3.00 bits per heavy atom. The lowest BCUT2D eigenvalue weighted by Gasteiger charge is -1.86. The molecule has 0 bridgehead atoms. The van der Waals surface area contributed by atoms with Gasteiger partial charge in [0.1, 0.15) is 6.33 Å². The summed E-state index contributed by atoms with van der Waals surface area (Å²) in [5.74, 6) is -0.983. The second-order valence-electron chi connectivity index (χ2n) is 1.81. The van der Waals surface area contributed by atoms with E-state index in [1.807, 2.05) is 0 Å². The molecule has 1 rings (SSSR count). The number of carboxylic acid groups (broad SMARTS) is 1. The number of aromatic nitrogens is 2. The number of carbonyl (C=O) groups is 1. The van der Waals surface area contributed by atoms with Crippen LogP contribution in [0.5, 0.6) is 0 Å². The lowest BCUT2D eigenvalue weighted by Crippen LogP contribution is -1.87. The fourth-order valence-electron chi connectivity index (χ4n) is 0.556. The summed E-state index contributed by atoms with van der Waals surface area (Å²) in [7, 11) is 0. The monoisotopic (exact) mass is 150 g/mol. The Morgan fingerprint density at radius 1 is 1.64 bits per heavy atom. The molecule has 0 saturated carbocycles. The van der Waals surface area contributed by atoms with Gasteiger partial charge in [-0.3, -0.25) is 0 Å². The topological polar surface area (TPSA) is 63.1 Å². The van der Waals surface area contributed by atoms with E-state index in [-0.39, 0.29) is 0 Å². The van der Waals surface area contributed by atoms with Gasteiger partial charge in [-0.15, -0.1) is 0 Å². The zero-order valence-electron chi connectivity index (χ0n) is 5.64. The summed E-state index contributed by atoms with van der Waals surface area (Å²) < 4.78 is 0. The molecule has 4 nitrogen and oxygen atoms in total. The number of aliphatic carboxylic acids is 1. The van der Waals surface area contributed by atoms with E-state index in [1.165, 1.54) is 12.4 Å². The number of nitrogens with zero attached hydrogens (tertiary/aromatic N) is 2. The quantitative estimate of drug-likeness (QED) is 0.626. The molecule has 0 aliphatic heterocycles. The molecule has 1 N–H and O–H groups in total. The highest BCUT2D eigenvalue weighted by atomic mass is 16.4. The van der Waals surface area contributed by atoms with Crippen LogP contribution < -0.4 is 0 Å². The lowest BCUT2D eigenvalue weighted by molar-refractivity contribution is -0.131. The van der Waals surface area contributed by atoms with Gasteiger partial charge in [0.15, 0.2) is 0 Å². The molecule has 1 aromatic heterocycles. The summed E-state index contributed by atoms with van der Waals surface area (Å²) >= 11 is 0. The Morgan fingerprint density at radius 2 is 2.45 bits per heavy atom. The Balaban J connectivity index is 2.72. The molecule has 0 unspecified atom stereocenters. The maximum atomic E-state index is 10.0. The normalized spacial score (nSPS) is 10.2. The highest BCUT2D eigenvalue weighted by molar-refractivity contribution is 5.84. The molecule has 56 valence electrons. The maximum Gasteiger partial charge on any atom is 0.328 e. The Labute approximate surface area is 63.2 Å². The number of hydrogen-bond donors (Lipinski definition) is 1. The van der Waals surface area contributed by atoms with Gasteiger partial charge < -0.3 is 5.11 Å². The van der Waals surface area contributed by atoms with Crippen molar-refractivity contribution in [2.75, 3.05) is 0 Å². The SMILES string of the molecule is O=C(O)C=Cc1ccncn1. The third-order valence-corrected chi connectivity index (χ3v) is 1.00. The van der Waals surface area contributed by atoms with E-state index in [0.29, 0.717) is 5.69 Å². The fourth-order valence-corrected chi connectivity index (χ4v) is 0.556. The average Bonchev–Trinajstić information content (AvgIpc) is 2.03. The molecule has 0 aliphatic rings. The third-order valence-electron chi connectivity index (χ3n) is 1.00. The van der Waals surface area contributed by atoms with Crippen LogP contribution in [0.3, 0.4) is 0 Å². The highest BCUT2D eigenvalue weighted by Crippen LogP contribution is 1.93. The van der Waals surface area contributed by atoms with Crippen molar-refractivity contribution in [3.05, 3.63) is 30.4 Å². The van der Waals surface area contributed by atoms with Crippen molar-refractivity contribution in [2.45, 2.75) is 0 Å². The maximum absolute atomic E-state index is 10.0. The van der Waals surface area contributed by atoms with Gasteiger partial charge in [0.05, 0.1) is 5.69 Å². The van der Waals surface area contributed by atoms with E-state index in [2.05, 4.69) is 9.97 Å². The second kappa shape index (κ2) is 3.46. The molecule has 0 aromatic carbocycles. The number of hydrogen-bond acceptors (Lipinski definition) is 3. The molecule has 0 spiro atoms. The van der Waals surface area contributed by atoms with Crippen molar-refractivity contribution in [1.82, 2.24) is 9.97 Å². The summed E-state index contributed by atoms with van der Waals surface area (Å²) in [6, 6.07) is 1.62. The van der Waals surface area contributed by atoms with Crippen LogP contribution >= 0.6 is 0 Å². The smallest absolute Gasteiger partial charge is 0.328 e. The zero-order chi connectivity index (χ0) is 8.10. The van der Waals surface area contributed by atoms with E-state index in [0.717, 1.165) is 6.08 Å². The van der Waals surface area contributed by atoms with E-state index < -0.39 is 5.97 Å². The Bertz CT molecular complexity index is 269. The van der Waals surface area contributed by atoms with Gasteiger partial charge in [-0.2, -0.15) is 0 Å². The van der Waals surface area contributed by atoms with Crippen LogP contribution in [0, 0.1) is 0 Å². The number of rotatable bonds is 2. The molecule has 1 aromatic rings. The highest BCUT2D eigenvalue weighted by Gasteiger charge is 1.87. The second-order valence-corrected chi connectivity index (χ2v) is 1.81. The van der Waals surface area contributed by atoms with Gasteiger partial charge >= 0.3 is 5.97 Å². The molecule has 0 fully saturated rings. The first-order valence-corrected chi connectivity index (χ1v) is 2.96. The zero-order valence-corrected chi connectivity index (χ0v) is 5.64. The summed E-state index contributed by atoms with van der Waals surface area (Å²) in [5.41, 5.74) is 0.586. The van der Waals surface area contributed by atoms with Gasteiger partial charge in [-0.1, -0.05) is 0 Å². The van der Waals surface area contributed by atoms with E-state index >= 15 is 0 Å². The average molecular weight is 150 g/mol. The minimum Gasteiger partial charge on any atom is -0.478 e. The molecule has 0 saturated heterocycles. The molecule has 11 heavy (non-hydrogen) atoms. The van der Waals surface area contributed by atoms with Crippen LogP contribution in [0.2, 0.25) is 0 Å². The van der Waals surface area contributed by atoms with Crippen LogP contribution in [-0.4, -0.2) is 21.0 Å². The molecule has 0 radical (unpaired) electrons. The summed E-state index contributed by atoms with van der Waals surface area (Å²) in [6.07, 6.45) is 5.35. The molecular weight excluding hydrogens is 144 g/mol. The van der Waals surface area contributed by atoms with Gasteiger partial charge in [0.2, 0.25) is 0 Å². The van der Waals surface area contributed by atoms with Gasteiger partial charge in [-0.25, -0.2) is 14.8 Å². The molecular formula is C7H6N2O2. The molecule has 4 heteroatoms. The first-order chi connectivity index (χ1) is 5.29. The predicted octanol–water partition coefficient (Wildman–Crippen LogP) is 0.574. The summed E-state index contributed by atoms with van der Waals surface area (Å²) in [4.78, 5) is 17.5. The Hall–Kier alpha value is -1.71. The van der Waals surface area contributed by atoms with Crippen molar-refractivity contribution >= 4 is 12.0 Å². The number of carboxylic acids is 1.